The first kappa shape index (κ1) is 31.4. The van der Waals surface area contributed by atoms with E-state index in [2.05, 4.69) is 24.3 Å². The van der Waals surface area contributed by atoms with Crippen LogP contribution in [-0.2, 0) is 20.6 Å². The molecule has 2 aliphatic rings. The molecule has 1 atom stereocenters. The molecule has 2 heterocycles. The number of piperidine rings is 2. The number of halogens is 4. The van der Waals surface area contributed by atoms with E-state index < -0.39 is 23.1 Å². The van der Waals surface area contributed by atoms with Gasteiger partial charge in [0.25, 0.3) is 0 Å². The van der Waals surface area contributed by atoms with Gasteiger partial charge in [0.15, 0.2) is 0 Å². The number of carbonyl (C=O) groups excluding carboxylic acids is 3. The molecule has 10 heteroatoms. The van der Waals surface area contributed by atoms with E-state index in [1.807, 2.05) is 22.9 Å². The Kier molecular flexibility index (Phi) is 11.3. The van der Waals surface area contributed by atoms with Gasteiger partial charge >= 0.3 is 53.1 Å². The summed E-state index contributed by atoms with van der Waals surface area (Å²) in [4.78, 5) is 38.0. The largest absolute Gasteiger partial charge is 2.00 e. The first-order valence-corrected chi connectivity index (χ1v) is 11.6. The van der Waals surface area contributed by atoms with Gasteiger partial charge in [-0.25, -0.2) is 0 Å². The second kappa shape index (κ2) is 13.3. The topological polar surface area (TPSA) is 57.7 Å². The van der Waals surface area contributed by atoms with Crippen molar-refractivity contribution in [1.29, 1.82) is 0 Å². The molecule has 0 aromatic heterocycles. The van der Waals surface area contributed by atoms with Gasteiger partial charge in [0.05, 0.1) is 12.2 Å². The number of carbonyl (C=O) groups is 2. The zero-order valence-corrected chi connectivity index (χ0v) is 22.1. The molecule has 2 aliphatic heterocycles. The number of rotatable bonds is 3. The molecule has 0 bridgehead atoms. The van der Waals surface area contributed by atoms with Gasteiger partial charge in [-0.05, 0) is 29.4 Å². The summed E-state index contributed by atoms with van der Waals surface area (Å²) in [6, 6.07) is 12.1. The van der Waals surface area contributed by atoms with Gasteiger partial charge in [0.1, 0.15) is 0 Å². The normalized spacial score (nSPS) is 18.9. The van der Waals surface area contributed by atoms with E-state index in [4.69, 9.17) is 0 Å². The quantitative estimate of drug-likeness (QED) is 0.348. The second-order valence-corrected chi connectivity index (χ2v) is 9.19. The molecule has 2 aromatic rings. The van der Waals surface area contributed by atoms with Gasteiger partial charge in [0.2, 0.25) is 5.91 Å². The summed E-state index contributed by atoms with van der Waals surface area (Å²) < 4.78 is 48.5. The average molecular weight is 678 g/mol. The van der Waals surface area contributed by atoms with E-state index >= 15 is 0 Å². The molecule has 2 fully saturated rings. The molecular weight excluding hydrogens is 649 g/mol. The zero-order chi connectivity index (χ0) is 26.5. The Labute approximate surface area is 252 Å². The maximum atomic E-state index is 12.5. The third kappa shape index (κ3) is 7.60. The van der Waals surface area contributed by atoms with Crippen molar-refractivity contribution in [1.82, 2.24) is 9.80 Å². The summed E-state index contributed by atoms with van der Waals surface area (Å²) in [6.45, 7) is 4.07. The van der Waals surface area contributed by atoms with Gasteiger partial charge in [-0.1, -0.05) is 42.5 Å². The summed E-state index contributed by atoms with van der Waals surface area (Å²) in [5.41, 5.74) is -0.467. The van der Waals surface area contributed by atoms with Crippen LogP contribution in [-0.4, -0.2) is 54.6 Å². The first-order valence-electron chi connectivity index (χ1n) is 11.6. The minimum atomic E-state index is -4.57. The summed E-state index contributed by atoms with van der Waals surface area (Å²) in [5.74, 6) is -0.313. The van der Waals surface area contributed by atoms with E-state index in [0.29, 0.717) is 30.5 Å². The molecule has 0 saturated carbocycles. The fourth-order valence-corrected chi connectivity index (χ4v) is 4.93. The minimum absolute atomic E-state index is 0. The Morgan fingerprint density at radius 2 is 1.73 bits per heavy atom. The zero-order valence-electron chi connectivity index (χ0n) is 20.4. The SMILES string of the molecule is C[CH-]C(=O)N1CCC2(CC1)CC(=O)N(C)CC2c1ccccc1.O=[C-]c1cc(C(F)(F)F)ccc1F.[Yb+2]. The van der Waals surface area contributed by atoms with E-state index in [1.165, 1.54) is 5.56 Å². The number of nitrogens with zero attached hydrogens (tertiary/aromatic N) is 2. The summed E-state index contributed by atoms with van der Waals surface area (Å²) in [7, 11) is 1.90. The number of alkyl halides is 3. The molecule has 5 nitrogen and oxygen atoms in total. The predicted octanol–water partition coefficient (Wildman–Crippen LogP) is 4.77. The smallest absolute Gasteiger partial charge is 0.376 e. The molecule has 37 heavy (non-hydrogen) atoms. The van der Waals surface area contributed by atoms with Crippen molar-refractivity contribution < 1.29 is 78.9 Å². The number of amides is 2. The molecule has 1 spiro atoms. The molecule has 0 N–H and O–H groups in total. The van der Waals surface area contributed by atoms with Crippen LogP contribution in [0.25, 0.3) is 0 Å². The maximum absolute atomic E-state index is 12.5. The van der Waals surface area contributed by atoms with E-state index in [9.17, 15) is 31.9 Å². The fraction of sp³-hybridized carbons (Fsp3) is 0.407. The summed E-state index contributed by atoms with van der Waals surface area (Å²) in [6.07, 6.45) is 0.559. The van der Waals surface area contributed by atoms with Crippen LogP contribution in [0.5, 0.6) is 0 Å². The van der Waals surface area contributed by atoms with Crippen LogP contribution in [0.2, 0.25) is 0 Å². The van der Waals surface area contributed by atoms with Gasteiger partial charge in [-0.3, -0.25) is 9.18 Å². The minimum Gasteiger partial charge on any atom is -0.376 e. The fourth-order valence-electron chi connectivity index (χ4n) is 4.93. The second-order valence-electron chi connectivity index (χ2n) is 9.19. The Hall–Kier alpha value is -1.84. The Bertz CT molecular complexity index is 1090. The summed E-state index contributed by atoms with van der Waals surface area (Å²) in [5, 5.41) is 0. The van der Waals surface area contributed by atoms with Crippen molar-refractivity contribution in [2.75, 3.05) is 26.7 Å². The van der Waals surface area contributed by atoms with Gasteiger partial charge in [-0.2, -0.15) is 20.1 Å². The van der Waals surface area contributed by atoms with Crippen LogP contribution < -0.4 is 0 Å². The van der Waals surface area contributed by atoms with E-state index in [0.717, 1.165) is 38.8 Å². The molecule has 0 radical (unpaired) electrons. The molecule has 206 valence electrons. The van der Waals surface area contributed by atoms with Crippen LogP contribution in [0.3, 0.4) is 0 Å². The molecule has 2 aromatic carbocycles. The summed E-state index contributed by atoms with van der Waals surface area (Å²) >= 11 is 0. The van der Waals surface area contributed by atoms with Crippen molar-refractivity contribution in [3.63, 3.8) is 0 Å². The number of hydrogen-bond acceptors (Lipinski definition) is 3. The van der Waals surface area contributed by atoms with E-state index in [1.54, 1.807) is 13.3 Å². The standard InChI is InChI=1S/C19H25N2O2.C8H3F4O.Yb/c1-3-17(22)21-11-9-19(10-12-21)13-18(23)20(2)14-16(19)15-7-5-4-6-8-15;9-7-2-1-6(8(10,11)12)3-5(7)4-13;/h3-8,16H,9-14H2,1-2H3;1-3H;/q2*-1;+2. The Morgan fingerprint density at radius 1 is 1.11 bits per heavy atom. The third-order valence-corrected chi connectivity index (χ3v) is 7.05. The van der Waals surface area contributed by atoms with Crippen molar-refractivity contribution in [3.05, 3.63) is 77.5 Å². The van der Waals surface area contributed by atoms with Crippen LogP contribution in [0.1, 0.15) is 48.8 Å². The molecular formula is C27H28F4N2O3Yb. The Morgan fingerprint density at radius 3 is 2.27 bits per heavy atom. The van der Waals surface area contributed by atoms with Crippen LogP contribution in [0.4, 0.5) is 17.6 Å². The number of benzene rings is 2. The first-order chi connectivity index (χ1) is 17.0. The predicted molar refractivity (Wildman–Crippen MR) is 126 cm³/mol. The molecule has 0 aliphatic carbocycles. The van der Waals surface area contributed by atoms with Crippen LogP contribution >= 0.6 is 0 Å². The van der Waals surface area contributed by atoms with Crippen molar-refractivity contribution in [2.45, 2.75) is 38.3 Å². The van der Waals surface area contributed by atoms with Crippen molar-refractivity contribution in [2.24, 2.45) is 5.41 Å². The number of likely N-dealkylation sites (tertiary alicyclic amines) is 2. The van der Waals surface area contributed by atoms with Crippen molar-refractivity contribution >= 4 is 18.1 Å². The molecule has 4 rings (SSSR count). The Balaban J connectivity index is 0.000000295. The number of likely N-dealkylation sites (N-methyl/N-ethyl adjacent to an activating group) is 1. The molecule has 1 unspecified atom stereocenters. The third-order valence-electron chi connectivity index (χ3n) is 7.05. The molecule has 2 amide bonds. The van der Waals surface area contributed by atoms with Crippen molar-refractivity contribution in [3.8, 4) is 0 Å². The van der Waals surface area contributed by atoms with Crippen LogP contribution in [0.15, 0.2) is 48.5 Å². The van der Waals surface area contributed by atoms with Gasteiger partial charge in [-0.15, -0.1) is 11.6 Å². The monoisotopic (exact) mass is 678 g/mol. The van der Waals surface area contributed by atoms with Gasteiger partial charge < -0.3 is 25.8 Å². The number of hydrogen-bond donors (Lipinski definition) is 0. The molecule has 2 saturated heterocycles. The maximum Gasteiger partial charge on any atom is 2.00 e. The van der Waals surface area contributed by atoms with Gasteiger partial charge in [0, 0.05) is 44.8 Å². The van der Waals surface area contributed by atoms with E-state index in [-0.39, 0.29) is 64.2 Å². The van der Waals surface area contributed by atoms with Crippen LogP contribution in [0, 0.1) is 64.6 Å². The average Bonchev–Trinajstić information content (AvgIpc) is 2.87.